The minimum Gasteiger partial charge on any atom is -0.497 e. The molecule has 3 heterocycles. The summed E-state index contributed by atoms with van der Waals surface area (Å²) >= 11 is 5.41. The number of aliphatic hydroxyl groups is 1. The second-order valence-corrected chi connectivity index (χ2v) is 13.6. The van der Waals surface area contributed by atoms with Crippen molar-refractivity contribution in [3.8, 4) is 5.75 Å². The van der Waals surface area contributed by atoms with E-state index in [0.717, 1.165) is 25.7 Å². The van der Waals surface area contributed by atoms with Gasteiger partial charge in [0.25, 0.3) is 5.91 Å². The van der Waals surface area contributed by atoms with E-state index in [1.807, 2.05) is 18.2 Å². The maximum absolute atomic E-state index is 14.6. The van der Waals surface area contributed by atoms with Gasteiger partial charge in [0.05, 0.1) is 30.3 Å². The number of rotatable bonds is 16. The summed E-state index contributed by atoms with van der Waals surface area (Å²) in [7, 11) is 1.59. The SMILES string of the molecule is C=CCCCCOC(=O)[C@H]1[C@H]2C(=O)N(CCCCCO)C(C(=O)N(CC=C)c3ccc(OC)cc3)C23CC(Br)[C@@H]1S3. The molecule has 1 aromatic rings. The third-order valence-electron chi connectivity index (χ3n) is 8.36. The third kappa shape index (κ3) is 6.25. The molecule has 0 saturated carbocycles. The van der Waals surface area contributed by atoms with E-state index >= 15 is 0 Å². The van der Waals surface area contributed by atoms with Crippen LogP contribution in [0.5, 0.6) is 5.75 Å². The molecule has 41 heavy (non-hydrogen) atoms. The van der Waals surface area contributed by atoms with E-state index in [4.69, 9.17) is 9.47 Å². The fraction of sp³-hybridized carbons (Fsp3) is 0.581. The minimum atomic E-state index is -0.748. The normalized spacial score (nSPS) is 27.9. The smallest absolute Gasteiger partial charge is 0.310 e. The van der Waals surface area contributed by atoms with Gasteiger partial charge in [-0.05, 0) is 69.2 Å². The third-order valence-corrected chi connectivity index (χ3v) is 11.6. The molecule has 10 heteroatoms. The molecule has 3 fully saturated rings. The Morgan fingerprint density at radius 1 is 1.17 bits per heavy atom. The summed E-state index contributed by atoms with van der Waals surface area (Å²) in [5.41, 5.74) is 0.687. The molecule has 4 rings (SSSR count). The Labute approximate surface area is 255 Å². The predicted octanol–water partition coefficient (Wildman–Crippen LogP) is 4.74. The van der Waals surface area contributed by atoms with Crippen LogP contribution in [-0.4, -0.2) is 82.1 Å². The van der Waals surface area contributed by atoms with Crippen LogP contribution in [0.15, 0.2) is 49.6 Å². The van der Waals surface area contributed by atoms with Crippen LogP contribution in [0.2, 0.25) is 0 Å². The zero-order valence-corrected chi connectivity index (χ0v) is 26.1. The minimum absolute atomic E-state index is 0.0201. The molecular weight excluding hydrogens is 608 g/mol. The molecule has 2 bridgehead atoms. The average Bonchev–Trinajstić information content (AvgIpc) is 3.57. The molecule has 0 aliphatic carbocycles. The predicted molar refractivity (Wildman–Crippen MR) is 165 cm³/mol. The van der Waals surface area contributed by atoms with Crippen molar-refractivity contribution in [3.63, 3.8) is 0 Å². The highest BCUT2D eigenvalue weighted by atomic mass is 79.9. The van der Waals surface area contributed by atoms with Crippen molar-refractivity contribution in [2.75, 3.05) is 38.3 Å². The summed E-state index contributed by atoms with van der Waals surface area (Å²) in [6, 6.07) is 6.53. The van der Waals surface area contributed by atoms with Gasteiger partial charge in [-0.1, -0.05) is 28.1 Å². The van der Waals surface area contributed by atoms with Crippen LogP contribution in [0.4, 0.5) is 5.69 Å². The first-order valence-corrected chi connectivity index (χ1v) is 16.2. The number of hydrogen-bond donors (Lipinski definition) is 1. The number of thioether (sulfide) groups is 1. The van der Waals surface area contributed by atoms with Gasteiger partial charge in [-0.3, -0.25) is 14.4 Å². The molecule has 3 saturated heterocycles. The highest BCUT2D eigenvalue weighted by Crippen LogP contribution is 2.68. The maximum atomic E-state index is 14.6. The summed E-state index contributed by atoms with van der Waals surface area (Å²) in [5.74, 6) is -1.24. The number of fused-ring (bicyclic) bond motifs is 1. The number of hydrogen-bond acceptors (Lipinski definition) is 7. The zero-order valence-electron chi connectivity index (χ0n) is 23.7. The van der Waals surface area contributed by atoms with E-state index in [0.29, 0.717) is 43.9 Å². The number of ether oxygens (including phenoxy) is 2. The average molecular weight is 650 g/mol. The van der Waals surface area contributed by atoms with Gasteiger partial charge in [0.2, 0.25) is 5.91 Å². The Kier molecular flexibility index (Phi) is 11.0. The van der Waals surface area contributed by atoms with Gasteiger partial charge >= 0.3 is 5.97 Å². The molecule has 6 atom stereocenters. The number of amides is 2. The highest BCUT2D eigenvalue weighted by molar-refractivity contribution is 9.09. The summed E-state index contributed by atoms with van der Waals surface area (Å²) in [4.78, 5) is 45.7. The van der Waals surface area contributed by atoms with E-state index in [2.05, 4.69) is 29.1 Å². The van der Waals surface area contributed by atoms with E-state index < -0.39 is 22.6 Å². The van der Waals surface area contributed by atoms with Gasteiger partial charge in [-0.25, -0.2) is 0 Å². The fourth-order valence-corrected chi connectivity index (χ4v) is 10.1. The van der Waals surface area contributed by atoms with Crippen molar-refractivity contribution in [3.05, 3.63) is 49.6 Å². The number of carbonyl (C=O) groups excluding carboxylic acids is 3. The van der Waals surface area contributed by atoms with E-state index in [9.17, 15) is 19.5 Å². The highest BCUT2D eigenvalue weighted by Gasteiger charge is 2.76. The molecule has 1 aromatic carbocycles. The fourth-order valence-electron chi connectivity index (χ4n) is 6.51. The lowest BCUT2D eigenvalue weighted by Crippen LogP contribution is -2.55. The molecule has 8 nitrogen and oxygen atoms in total. The number of carbonyl (C=O) groups is 3. The van der Waals surface area contributed by atoms with Gasteiger partial charge in [-0.2, -0.15) is 0 Å². The summed E-state index contributed by atoms with van der Waals surface area (Å²) < 4.78 is 10.3. The standard InChI is InChI=1S/C31H41BrN2O6S/c1-4-6-7-11-19-40-30(38)24-25-28(36)34(17-9-8-10-18-35)27(31(25)20-23(32)26(24)41-31)29(37)33(16-5-2)21-12-14-22(39-3)15-13-21/h4-5,12-15,23-27,35H,1-2,6-11,16-20H2,3H3/t23?,24-,25-,26-,27?,31?/m0/s1. The van der Waals surface area contributed by atoms with Gasteiger partial charge in [0, 0.05) is 35.5 Å². The number of allylic oxidation sites excluding steroid dienone is 1. The molecule has 1 spiro atoms. The van der Waals surface area contributed by atoms with Crippen LogP contribution in [0.25, 0.3) is 0 Å². The van der Waals surface area contributed by atoms with Gasteiger partial charge in [0.15, 0.2) is 0 Å². The number of anilines is 1. The molecule has 2 amide bonds. The first kappa shape index (κ1) is 31.6. The van der Waals surface area contributed by atoms with Crippen LogP contribution in [0, 0.1) is 11.8 Å². The molecule has 3 aliphatic rings. The number of esters is 1. The Balaban J connectivity index is 1.67. The van der Waals surface area contributed by atoms with Crippen molar-refractivity contribution in [1.29, 1.82) is 0 Å². The first-order valence-electron chi connectivity index (χ1n) is 14.4. The Hall–Kier alpha value is -2.30. The largest absolute Gasteiger partial charge is 0.497 e. The Morgan fingerprint density at radius 2 is 1.93 bits per heavy atom. The number of alkyl halides is 1. The quantitative estimate of drug-likeness (QED) is 0.120. The molecule has 3 aliphatic heterocycles. The summed E-state index contributed by atoms with van der Waals surface area (Å²) in [5, 5.41) is 9.13. The number of methoxy groups -OCH3 is 1. The monoisotopic (exact) mass is 648 g/mol. The Morgan fingerprint density at radius 3 is 2.59 bits per heavy atom. The van der Waals surface area contributed by atoms with E-state index in [1.165, 1.54) is 0 Å². The molecular formula is C31H41BrN2O6S. The topological polar surface area (TPSA) is 96.4 Å². The lowest BCUT2D eigenvalue weighted by Gasteiger charge is -2.37. The maximum Gasteiger partial charge on any atom is 0.310 e. The number of benzene rings is 1. The van der Waals surface area contributed by atoms with Crippen LogP contribution >= 0.6 is 27.7 Å². The van der Waals surface area contributed by atoms with Gasteiger partial charge in [0.1, 0.15) is 11.8 Å². The number of unbranched alkanes of at least 4 members (excludes halogenated alkanes) is 4. The first-order chi connectivity index (χ1) is 19.8. The second-order valence-electron chi connectivity index (χ2n) is 10.9. The molecule has 0 radical (unpaired) electrons. The Bertz CT molecular complexity index is 1120. The number of halogens is 1. The van der Waals surface area contributed by atoms with Crippen LogP contribution in [0.3, 0.4) is 0 Å². The molecule has 224 valence electrons. The summed E-state index contributed by atoms with van der Waals surface area (Å²) in [6.07, 6.45) is 8.64. The number of nitrogens with zero attached hydrogens (tertiary/aromatic N) is 2. The lowest BCUT2D eigenvalue weighted by atomic mass is 9.71. The van der Waals surface area contributed by atoms with Crippen LogP contribution < -0.4 is 9.64 Å². The second kappa shape index (κ2) is 14.2. The number of likely N-dealkylation sites (tertiary alicyclic amines) is 1. The molecule has 1 N–H and O–H groups in total. The van der Waals surface area contributed by atoms with Crippen molar-refractivity contribution >= 4 is 51.2 Å². The summed E-state index contributed by atoms with van der Waals surface area (Å²) in [6.45, 7) is 8.66. The van der Waals surface area contributed by atoms with Crippen LogP contribution in [-0.2, 0) is 19.1 Å². The zero-order chi connectivity index (χ0) is 29.6. The van der Waals surface area contributed by atoms with Crippen LogP contribution in [0.1, 0.15) is 44.9 Å². The number of aliphatic hydroxyl groups excluding tert-OH is 1. The lowest BCUT2D eigenvalue weighted by molar-refractivity contribution is -0.154. The molecule has 3 unspecified atom stereocenters. The van der Waals surface area contributed by atoms with Gasteiger partial charge in [-0.15, -0.1) is 24.9 Å². The van der Waals surface area contributed by atoms with E-state index in [-0.39, 0.29) is 41.0 Å². The van der Waals surface area contributed by atoms with Crippen molar-refractivity contribution in [2.24, 2.45) is 11.8 Å². The van der Waals surface area contributed by atoms with Crippen molar-refractivity contribution in [2.45, 2.75) is 65.8 Å². The van der Waals surface area contributed by atoms with Gasteiger partial charge < -0.3 is 24.4 Å². The van der Waals surface area contributed by atoms with E-state index in [1.54, 1.807) is 46.9 Å². The molecule has 0 aromatic heterocycles. The van der Waals surface area contributed by atoms with Crippen molar-refractivity contribution < 1.29 is 29.0 Å². The van der Waals surface area contributed by atoms with Crippen molar-refractivity contribution in [1.82, 2.24) is 4.90 Å².